The van der Waals surface area contributed by atoms with Crippen molar-refractivity contribution in [3.63, 3.8) is 0 Å². The molecule has 0 spiro atoms. The molecule has 9 nitrogen and oxygen atoms in total. The zero-order valence-corrected chi connectivity index (χ0v) is 18.5. The maximum absolute atomic E-state index is 12.8. The first-order valence-corrected chi connectivity index (χ1v) is 11.0. The molecule has 0 aliphatic carbocycles. The summed E-state index contributed by atoms with van der Waals surface area (Å²) in [5, 5.41) is 19.4. The Morgan fingerprint density at radius 3 is 2.90 bits per heavy atom. The highest BCUT2D eigenvalue weighted by Gasteiger charge is 2.26. The molecule has 2 aliphatic rings. The molecule has 0 saturated heterocycles. The highest BCUT2D eigenvalue weighted by atomic mass is 32.2. The number of allylic oxidation sites excluding steroid dienone is 1. The molecule has 2 aliphatic heterocycles. The molecular weight excluding hydrogens is 414 g/mol. The van der Waals surface area contributed by atoms with Crippen LogP contribution in [0.3, 0.4) is 0 Å². The SMILES string of the molecule is CC1=NC2NC=NN2C(NCCNC(=O)c2ccccc2SCc2c(C)noc2C)=C1. The van der Waals surface area contributed by atoms with Crippen LogP contribution >= 0.6 is 11.8 Å². The lowest BCUT2D eigenvalue weighted by Gasteiger charge is -2.27. The van der Waals surface area contributed by atoms with E-state index in [9.17, 15) is 4.79 Å². The van der Waals surface area contributed by atoms with Crippen molar-refractivity contribution in [2.75, 3.05) is 13.1 Å². The number of hydrogen-bond donors (Lipinski definition) is 3. The largest absolute Gasteiger partial charge is 0.368 e. The van der Waals surface area contributed by atoms with Crippen LogP contribution in [0.4, 0.5) is 0 Å². The van der Waals surface area contributed by atoms with Gasteiger partial charge in [-0.2, -0.15) is 5.10 Å². The lowest BCUT2D eigenvalue weighted by Crippen LogP contribution is -2.42. The molecule has 10 heteroatoms. The zero-order chi connectivity index (χ0) is 21.8. The molecule has 1 atom stereocenters. The molecule has 0 radical (unpaired) electrons. The molecule has 2 aromatic rings. The number of aryl methyl sites for hydroxylation is 2. The van der Waals surface area contributed by atoms with Crippen molar-refractivity contribution in [3.8, 4) is 0 Å². The second-order valence-corrected chi connectivity index (χ2v) is 8.22. The molecule has 1 aromatic heterocycles. The van der Waals surface area contributed by atoms with Gasteiger partial charge in [-0.1, -0.05) is 17.3 Å². The summed E-state index contributed by atoms with van der Waals surface area (Å²) in [5.74, 6) is 2.27. The molecular formula is C21H25N7O2S. The number of amides is 1. The van der Waals surface area contributed by atoms with Gasteiger partial charge in [0.1, 0.15) is 17.9 Å². The highest BCUT2D eigenvalue weighted by Crippen LogP contribution is 2.28. The van der Waals surface area contributed by atoms with E-state index in [0.717, 1.165) is 33.4 Å². The van der Waals surface area contributed by atoms with Gasteiger partial charge in [0, 0.05) is 41.1 Å². The van der Waals surface area contributed by atoms with Gasteiger partial charge >= 0.3 is 0 Å². The molecule has 31 heavy (non-hydrogen) atoms. The smallest absolute Gasteiger partial charge is 0.252 e. The van der Waals surface area contributed by atoms with Crippen LogP contribution in [-0.4, -0.2) is 47.5 Å². The fourth-order valence-electron chi connectivity index (χ4n) is 3.31. The lowest BCUT2D eigenvalue weighted by molar-refractivity contribution is 0.0950. The van der Waals surface area contributed by atoms with Gasteiger partial charge in [0.2, 0.25) is 6.29 Å². The van der Waals surface area contributed by atoms with E-state index in [1.54, 1.807) is 23.1 Å². The standard InChI is InChI=1S/C21H25N7O2S/c1-13-10-19(28-21(26-13)24-12-25-28)22-8-9-23-20(29)16-6-4-5-7-18(16)31-11-17-14(2)27-30-15(17)3/h4-7,10,12,21-22H,8-9,11H2,1-3H3,(H,23,29)(H,24,25). The Kier molecular flexibility index (Phi) is 6.26. The quantitative estimate of drug-likeness (QED) is 0.428. The molecule has 0 fully saturated rings. The number of nitrogens with one attached hydrogen (secondary N) is 3. The van der Waals surface area contributed by atoms with Crippen LogP contribution in [0.5, 0.6) is 0 Å². The average molecular weight is 440 g/mol. The van der Waals surface area contributed by atoms with Gasteiger partial charge < -0.3 is 20.5 Å². The topological polar surface area (TPSA) is 107 Å². The first-order chi connectivity index (χ1) is 15.0. The van der Waals surface area contributed by atoms with Crippen LogP contribution in [0.25, 0.3) is 0 Å². The predicted molar refractivity (Wildman–Crippen MR) is 121 cm³/mol. The van der Waals surface area contributed by atoms with Crippen LogP contribution in [0.15, 0.2) is 55.7 Å². The van der Waals surface area contributed by atoms with E-state index in [1.165, 1.54) is 0 Å². The van der Waals surface area contributed by atoms with Gasteiger partial charge in [0.25, 0.3) is 5.91 Å². The summed E-state index contributed by atoms with van der Waals surface area (Å²) in [7, 11) is 0. The Labute approximate surface area is 185 Å². The third kappa shape index (κ3) is 4.74. The third-order valence-corrected chi connectivity index (χ3v) is 6.06. The molecule has 0 saturated carbocycles. The predicted octanol–water partition coefficient (Wildman–Crippen LogP) is 2.35. The normalized spacial score (nSPS) is 17.0. The van der Waals surface area contributed by atoms with E-state index >= 15 is 0 Å². The van der Waals surface area contributed by atoms with Crippen molar-refractivity contribution >= 4 is 29.7 Å². The Balaban J connectivity index is 1.31. The van der Waals surface area contributed by atoms with Gasteiger partial charge in [-0.3, -0.25) is 4.79 Å². The Morgan fingerprint density at radius 1 is 1.26 bits per heavy atom. The monoisotopic (exact) mass is 439 g/mol. The number of carbonyl (C=O) groups excluding carboxylic acids is 1. The summed E-state index contributed by atoms with van der Waals surface area (Å²) in [5.41, 5.74) is 3.53. The maximum Gasteiger partial charge on any atom is 0.252 e. The fraction of sp³-hybridized carbons (Fsp3) is 0.333. The van der Waals surface area contributed by atoms with Crippen molar-refractivity contribution in [3.05, 3.63) is 58.7 Å². The summed E-state index contributed by atoms with van der Waals surface area (Å²) in [6.45, 7) is 6.82. The number of carbonyl (C=O) groups is 1. The minimum atomic E-state index is -0.205. The second kappa shape index (κ2) is 9.25. The Morgan fingerprint density at radius 2 is 2.10 bits per heavy atom. The summed E-state index contributed by atoms with van der Waals surface area (Å²) in [4.78, 5) is 18.2. The summed E-state index contributed by atoms with van der Waals surface area (Å²) >= 11 is 1.61. The maximum atomic E-state index is 12.8. The summed E-state index contributed by atoms with van der Waals surface area (Å²) in [6, 6.07) is 7.62. The van der Waals surface area contributed by atoms with Crippen LogP contribution < -0.4 is 16.0 Å². The van der Waals surface area contributed by atoms with E-state index in [-0.39, 0.29) is 12.2 Å². The lowest BCUT2D eigenvalue weighted by atomic mass is 10.2. The Bertz CT molecular complexity index is 1040. The number of rotatable bonds is 8. The number of nitrogens with zero attached hydrogens (tertiary/aromatic N) is 4. The number of hydrazone groups is 1. The molecule has 162 valence electrons. The van der Waals surface area contributed by atoms with Crippen LogP contribution in [-0.2, 0) is 5.75 Å². The van der Waals surface area contributed by atoms with E-state index in [0.29, 0.717) is 24.4 Å². The van der Waals surface area contributed by atoms with E-state index in [4.69, 9.17) is 4.52 Å². The molecule has 3 N–H and O–H groups in total. The minimum Gasteiger partial charge on any atom is -0.368 e. The van der Waals surface area contributed by atoms with Crippen LogP contribution in [0, 0.1) is 13.8 Å². The minimum absolute atomic E-state index is 0.0993. The molecule has 0 bridgehead atoms. The van der Waals surface area contributed by atoms with Crippen molar-refractivity contribution in [1.82, 2.24) is 26.1 Å². The van der Waals surface area contributed by atoms with E-state index in [1.807, 2.05) is 51.1 Å². The number of aromatic nitrogens is 1. The number of fused-ring (bicyclic) bond motifs is 1. The molecule has 1 unspecified atom stereocenters. The van der Waals surface area contributed by atoms with Gasteiger partial charge in [-0.25, -0.2) is 10.0 Å². The van der Waals surface area contributed by atoms with Gasteiger partial charge in [0.05, 0.1) is 11.3 Å². The third-order valence-electron chi connectivity index (χ3n) is 4.96. The van der Waals surface area contributed by atoms with E-state index in [2.05, 4.69) is 31.2 Å². The number of aliphatic imine (C=N–C) groups is 1. The number of thioether (sulfide) groups is 1. The van der Waals surface area contributed by atoms with Crippen LogP contribution in [0.2, 0.25) is 0 Å². The molecule has 1 amide bonds. The second-order valence-electron chi connectivity index (χ2n) is 7.20. The average Bonchev–Trinajstić information content (AvgIpc) is 3.36. The number of hydrogen-bond acceptors (Lipinski definition) is 9. The first kappa shape index (κ1) is 21.0. The Hall–Kier alpha value is -3.27. The molecule has 4 rings (SSSR count). The fourth-order valence-corrected chi connectivity index (χ4v) is 4.51. The summed E-state index contributed by atoms with van der Waals surface area (Å²) < 4.78 is 5.23. The van der Waals surface area contributed by atoms with E-state index < -0.39 is 0 Å². The molecule has 3 heterocycles. The number of benzene rings is 1. The van der Waals surface area contributed by atoms with Crippen molar-refractivity contribution in [2.45, 2.75) is 37.7 Å². The van der Waals surface area contributed by atoms with Crippen molar-refractivity contribution in [2.24, 2.45) is 10.1 Å². The van der Waals surface area contributed by atoms with Gasteiger partial charge in [0.15, 0.2) is 0 Å². The van der Waals surface area contributed by atoms with Crippen molar-refractivity contribution in [1.29, 1.82) is 0 Å². The van der Waals surface area contributed by atoms with Crippen molar-refractivity contribution < 1.29 is 9.32 Å². The van der Waals surface area contributed by atoms with Gasteiger partial charge in [-0.05, 0) is 32.9 Å². The highest BCUT2D eigenvalue weighted by molar-refractivity contribution is 7.98. The molecule has 1 aromatic carbocycles. The van der Waals surface area contributed by atoms with Gasteiger partial charge in [-0.15, -0.1) is 11.8 Å². The zero-order valence-electron chi connectivity index (χ0n) is 17.7. The van der Waals surface area contributed by atoms with Crippen LogP contribution in [0.1, 0.15) is 34.3 Å². The summed E-state index contributed by atoms with van der Waals surface area (Å²) in [6.07, 6.45) is 3.36. The first-order valence-electron chi connectivity index (χ1n) is 10.0.